The first-order valence-electron chi connectivity index (χ1n) is 11.1. The number of ether oxygens (including phenoxy) is 1. The lowest BCUT2D eigenvalue weighted by Crippen LogP contribution is -2.49. The summed E-state index contributed by atoms with van der Waals surface area (Å²) in [4.78, 5) is 11.4. The van der Waals surface area contributed by atoms with Gasteiger partial charge in [-0.25, -0.2) is 8.78 Å². The van der Waals surface area contributed by atoms with E-state index in [9.17, 15) is 4.79 Å². The third kappa shape index (κ3) is 2.58. The van der Waals surface area contributed by atoms with E-state index in [0.717, 1.165) is 33.4 Å². The zero-order valence-electron chi connectivity index (χ0n) is 18.8. The predicted octanol–water partition coefficient (Wildman–Crippen LogP) is 6.31. The average Bonchev–Trinajstić information content (AvgIpc) is 2.75. The number of hydrogen-bond donors (Lipinski definition) is 0. The molecule has 0 aliphatic heterocycles. The van der Waals surface area contributed by atoms with E-state index in [4.69, 9.17) is 4.74 Å². The van der Waals surface area contributed by atoms with Crippen molar-refractivity contribution in [2.75, 3.05) is 6.61 Å². The molecule has 0 fully saturated rings. The van der Waals surface area contributed by atoms with Crippen LogP contribution in [0.1, 0.15) is 70.7 Å². The molecule has 0 N–H and O–H groups in total. The van der Waals surface area contributed by atoms with Gasteiger partial charge in [0.25, 0.3) is 0 Å². The van der Waals surface area contributed by atoms with E-state index in [1.807, 2.05) is 26.0 Å². The Morgan fingerprint density at radius 2 is 1.50 bits per heavy atom. The molecule has 0 amide bonds. The Kier molecular flexibility index (Phi) is 4.74. The van der Waals surface area contributed by atoms with Gasteiger partial charge in [0.1, 0.15) is 11.6 Å². The number of rotatable bonds is 4. The highest BCUT2D eigenvalue weighted by atomic mass is 19.1. The fourth-order valence-corrected chi connectivity index (χ4v) is 6.31. The summed E-state index contributed by atoms with van der Waals surface area (Å²) in [6, 6.07) is 14.6. The fraction of sp³-hybridized carbons (Fsp3) is 0.321. The third-order valence-corrected chi connectivity index (χ3v) is 7.45. The Morgan fingerprint density at radius 1 is 0.938 bits per heavy atom. The van der Waals surface area contributed by atoms with Crippen LogP contribution in [0.15, 0.2) is 48.5 Å². The minimum absolute atomic E-state index is 0.204. The van der Waals surface area contributed by atoms with Crippen molar-refractivity contribution >= 4 is 5.97 Å². The Morgan fingerprint density at radius 3 is 2.06 bits per heavy atom. The van der Waals surface area contributed by atoms with Crippen LogP contribution in [0.3, 0.4) is 0 Å². The Balaban J connectivity index is 1.91. The summed E-state index contributed by atoms with van der Waals surface area (Å²) in [5.41, 5.74) is 6.26. The smallest absolute Gasteiger partial charge is 0.302 e. The van der Waals surface area contributed by atoms with Crippen LogP contribution < -0.4 is 0 Å². The van der Waals surface area contributed by atoms with Gasteiger partial charge < -0.3 is 4.74 Å². The molecule has 6 rings (SSSR count). The molecule has 0 radical (unpaired) electrons. The van der Waals surface area contributed by atoms with E-state index in [1.165, 1.54) is 19.1 Å². The second kappa shape index (κ2) is 7.26. The summed E-state index contributed by atoms with van der Waals surface area (Å²) in [5.74, 6) is -1.40. The number of esters is 1. The molecule has 0 unspecified atom stereocenters. The van der Waals surface area contributed by atoms with E-state index < -0.39 is 5.41 Å². The molecule has 0 saturated heterocycles. The molecule has 3 aliphatic rings. The molecule has 3 aromatic carbocycles. The lowest BCUT2D eigenvalue weighted by molar-refractivity contribution is -0.141. The van der Waals surface area contributed by atoms with Crippen LogP contribution in [0, 0.1) is 31.4 Å². The maximum atomic E-state index is 15.7. The molecule has 0 aromatic heterocycles. The molecule has 1 atom stereocenters. The molecule has 164 valence electrons. The Bertz CT molecular complexity index is 1210. The van der Waals surface area contributed by atoms with Crippen molar-refractivity contribution in [3.8, 4) is 0 Å². The Hall–Kier alpha value is -3.01. The quantitative estimate of drug-likeness (QED) is 0.452. The third-order valence-electron chi connectivity index (χ3n) is 7.45. The number of benzene rings is 3. The lowest BCUT2D eigenvalue weighted by Gasteiger charge is -2.54. The molecule has 0 spiro atoms. The molecular formula is C28H26F2O2. The molecule has 4 heteroatoms. The SMILES string of the molecule is CC(=O)OCC[C@@H](C)C12c3c(F)cccc3C(c3cccc(F)c31)c1c(C)ccc(C)c12. The molecule has 2 nitrogen and oxygen atoms in total. The highest BCUT2D eigenvalue weighted by Gasteiger charge is 2.57. The van der Waals surface area contributed by atoms with Crippen molar-refractivity contribution in [3.05, 3.63) is 105 Å². The van der Waals surface area contributed by atoms with E-state index in [2.05, 4.69) is 19.1 Å². The van der Waals surface area contributed by atoms with Gasteiger partial charge in [-0.05, 0) is 71.7 Å². The van der Waals surface area contributed by atoms with E-state index in [1.54, 1.807) is 12.1 Å². The van der Waals surface area contributed by atoms with Crippen LogP contribution in [0.4, 0.5) is 8.78 Å². The molecule has 3 aliphatic carbocycles. The monoisotopic (exact) mass is 432 g/mol. The fourth-order valence-electron chi connectivity index (χ4n) is 6.31. The number of carbonyl (C=O) groups excluding carboxylic acids is 1. The second-order valence-corrected chi connectivity index (χ2v) is 9.17. The van der Waals surface area contributed by atoms with Gasteiger partial charge in [-0.3, -0.25) is 4.79 Å². The van der Waals surface area contributed by atoms with E-state index in [0.29, 0.717) is 17.5 Å². The first-order chi connectivity index (χ1) is 15.3. The maximum absolute atomic E-state index is 15.7. The van der Waals surface area contributed by atoms with E-state index >= 15 is 8.78 Å². The normalized spacial score (nSPS) is 20.9. The van der Waals surface area contributed by atoms with Gasteiger partial charge in [0.15, 0.2) is 0 Å². The van der Waals surface area contributed by atoms with Gasteiger partial charge in [0.2, 0.25) is 0 Å². The van der Waals surface area contributed by atoms with Crippen molar-refractivity contribution in [1.29, 1.82) is 0 Å². The topological polar surface area (TPSA) is 26.3 Å². The van der Waals surface area contributed by atoms with Gasteiger partial charge in [0.05, 0.1) is 12.0 Å². The predicted molar refractivity (Wildman–Crippen MR) is 120 cm³/mol. The number of hydrogen-bond acceptors (Lipinski definition) is 2. The van der Waals surface area contributed by atoms with Crippen LogP contribution in [0.5, 0.6) is 0 Å². The largest absolute Gasteiger partial charge is 0.466 e. The lowest BCUT2D eigenvalue weighted by atomic mass is 9.47. The van der Waals surface area contributed by atoms with Crippen LogP contribution in [0.2, 0.25) is 0 Å². The number of aryl methyl sites for hydroxylation is 2. The Labute approximate surface area is 187 Å². The van der Waals surface area contributed by atoms with Crippen molar-refractivity contribution < 1.29 is 18.3 Å². The van der Waals surface area contributed by atoms with Crippen LogP contribution in [-0.4, -0.2) is 12.6 Å². The van der Waals surface area contributed by atoms with Crippen molar-refractivity contribution in [2.45, 2.75) is 45.4 Å². The molecule has 0 heterocycles. The standard InChI is InChI=1S/C28H26F2O2/c1-15-11-12-16(2)25-23(15)24-19-7-5-9-21(29)26(19)28(25,17(3)13-14-32-18(4)31)27-20(24)8-6-10-22(27)30/h5-12,17,24H,13-14H2,1-4H3/t17-,24?,28?/m1/s1. The minimum atomic E-state index is -0.998. The van der Waals surface area contributed by atoms with Crippen LogP contribution >= 0.6 is 0 Å². The van der Waals surface area contributed by atoms with E-state index in [-0.39, 0.29) is 36.0 Å². The van der Waals surface area contributed by atoms with Crippen molar-refractivity contribution in [2.24, 2.45) is 5.92 Å². The highest BCUT2D eigenvalue weighted by Crippen LogP contribution is 2.64. The average molecular weight is 433 g/mol. The molecular weight excluding hydrogens is 406 g/mol. The summed E-state index contributed by atoms with van der Waals surface area (Å²) >= 11 is 0. The summed E-state index contributed by atoms with van der Waals surface area (Å²) in [7, 11) is 0. The first kappa shape index (κ1) is 20.9. The zero-order chi connectivity index (χ0) is 22.8. The molecule has 32 heavy (non-hydrogen) atoms. The van der Waals surface area contributed by atoms with Gasteiger partial charge in [-0.1, -0.05) is 43.3 Å². The maximum Gasteiger partial charge on any atom is 0.302 e. The van der Waals surface area contributed by atoms with Crippen LogP contribution in [-0.2, 0) is 14.9 Å². The molecule has 3 aromatic rings. The minimum Gasteiger partial charge on any atom is -0.466 e. The summed E-state index contributed by atoms with van der Waals surface area (Å²) in [5, 5.41) is 0. The van der Waals surface area contributed by atoms with Gasteiger partial charge in [-0.2, -0.15) is 0 Å². The first-order valence-corrected chi connectivity index (χ1v) is 11.1. The zero-order valence-corrected chi connectivity index (χ0v) is 18.8. The van der Waals surface area contributed by atoms with Gasteiger partial charge in [-0.15, -0.1) is 0 Å². The summed E-state index contributed by atoms with van der Waals surface area (Å²) < 4.78 is 36.7. The highest BCUT2D eigenvalue weighted by molar-refractivity contribution is 5.75. The molecule has 0 saturated carbocycles. The van der Waals surface area contributed by atoms with Gasteiger partial charge >= 0.3 is 5.97 Å². The number of halogens is 2. The van der Waals surface area contributed by atoms with Crippen molar-refractivity contribution in [3.63, 3.8) is 0 Å². The van der Waals surface area contributed by atoms with Gasteiger partial charge in [0, 0.05) is 24.0 Å². The van der Waals surface area contributed by atoms with Crippen LogP contribution in [0.25, 0.3) is 0 Å². The summed E-state index contributed by atoms with van der Waals surface area (Å²) in [6.45, 7) is 7.71. The van der Waals surface area contributed by atoms with Crippen molar-refractivity contribution in [1.82, 2.24) is 0 Å². The summed E-state index contributed by atoms with van der Waals surface area (Å²) in [6.07, 6.45) is 0.485. The molecule has 2 bridgehead atoms. The second-order valence-electron chi connectivity index (χ2n) is 9.17. The number of carbonyl (C=O) groups is 1.